The molecule has 0 radical (unpaired) electrons. The van der Waals surface area contributed by atoms with E-state index in [2.05, 4.69) is 67.0 Å². The molecule has 0 saturated carbocycles. The summed E-state index contributed by atoms with van der Waals surface area (Å²) >= 11 is 1.76. The maximum Gasteiger partial charge on any atom is 0.119 e. The lowest BCUT2D eigenvalue weighted by Gasteiger charge is -2.16. The van der Waals surface area contributed by atoms with Crippen LogP contribution >= 0.6 is 11.8 Å². The van der Waals surface area contributed by atoms with Crippen LogP contribution < -0.4 is 10.1 Å². The number of benzene rings is 3. The Morgan fingerprint density at radius 1 is 0.880 bits per heavy atom. The predicted molar refractivity (Wildman–Crippen MR) is 107 cm³/mol. The highest BCUT2D eigenvalue weighted by Gasteiger charge is 2.06. The Labute approximate surface area is 154 Å². The van der Waals surface area contributed by atoms with Gasteiger partial charge in [-0.15, -0.1) is 11.8 Å². The van der Waals surface area contributed by atoms with E-state index in [1.165, 1.54) is 16.0 Å². The molecule has 1 unspecified atom stereocenters. The second kappa shape index (κ2) is 8.63. The van der Waals surface area contributed by atoms with Gasteiger partial charge in [-0.05, 0) is 60.7 Å². The van der Waals surface area contributed by atoms with E-state index in [9.17, 15) is 0 Å². The van der Waals surface area contributed by atoms with Crippen LogP contribution in [0.5, 0.6) is 5.75 Å². The topological polar surface area (TPSA) is 21.3 Å². The van der Waals surface area contributed by atoms with E-state index in [1.807, 2.05) is 30.3 Å². The maximum absolute atomic E-state index is 5.85. The molecule has 0 spiro atoms. The molecule has 0 aromatic heterocycles. The first-order chi connectivity index (χ1) is 12.2. The molecule has 25 heavy (non-hydrogen) atoms. The highest BCUT2D eigenvalue weighted by Crippen LogP contribution is 2.24. The van der Waals surface area contributed by atoms with Gasteiger partial charge >= 0.3 is 0 Å². The van der Waals surface area contributed by atoms with E-state index in [1.54, 1.807) is 11.8 Å². The molecule has 0 aliphatic heterocycles. The van der Waals surface area contributed by atoms with Crippen LogP contribution in [-0.4, -0.2) is 6.26 Å². The van der Waals surface area contributed by atoms with Crippen molar-refractivity contribution < 1.29 is 4.74 Å². The van der Waals surface area contributed by atoms with Crippen LogP contribution in [0.4, 0.5) is 5.69 Å². The van der Waals surface area contributed by atoms with E-state index >= 15 is 0 Å². The van der Waals surface area contributed by atoms with Crippen molar-refractivity contribution in [2.75, 3.05) is 11.6 Å². The second-order valence-corrected chi connectivity index (χ2v) is 6.82. The van der Waals surface area contributed by atoms with Crippen LogP contribution in [0.25, 0.3) is 0 Å². The number of hydrogen-bond donors (Lipinski definition) is 1. The van der Waals surface area contributed by atoms with Crippen LogP contribution in [0.15, 0.2) is 83.8 Å². The average molecular weight is 349 g/mol. The zero-order chi connectivity index (χ0) is 17.5. The Bertz CT molecular complexity index is 769. The van der Waals surface area contributed by atoms with E-state index in [0.29, 0.717) is 6.61 Å². The standard InChI is InChI=1S/C22H23NOS/c1-17(23-20-10-14-22(25-2)15-11-20)19-8-12-21(13-9-19)24-16-18-6-4-3-5-7-18/h3-15,17,23H,16H2,1-2H3. The zero-order valence-corrected chi connectivity index (χ0v) is 15.4. The van der Waals surface area contributed by atoms with Crippen molar-refractivity contribution in [1.82, 2.24) is 0 Å². The molecule has 3 aromatic carbocycles. The first-order valence-electron chi connectivity index (χ1n) is 8.42. The molecule has 3 heteroatoms. The van der Waals surface area contributed by atoms with Gasteiger partial charge in [0.2, 0.25) is 0 Å². The fourth-order valence-corrected chi connectivity index (χ4v) is 3.02. The summed E-state index contributed by atoms with van der Waals surface area (Å²) in [5, 5.41) is 3.54. The first kappa shape index (κ1) is 17.4. The zero-order valence-electron chi connectivity index (χ0n) is 14.6. The first-order valence-corrected chi connectivity index (χ1v) is 9.64. The van der Waals surface area contributed by atoms with Crippen LogP contribution in [0.2, 0.25) is 0 Å². The molecule has 0 aliphatic carbocycles. The average Bonchev–Trinajstić information content (AvgIpc) is 2.68. The summed E-state index contributed by atoms with van der Waals surface area (Å²) in [6.45, 7) is 2.76. The summed E-state index contributed by atoms with van der Waals surface area (Å²) in [5.74, 6) is 0.893. The van der Waals surface area contributed by atoms with Crippen molar-refractivity contribution in [2.24, 2.45) is 0 Å². The van der Waals surface area contributed by atoms with Gasteiger partial charge in [0.15, 0.2) is 0 Å². The van der Waals surface area contributed by atoms with Crippen molar-refractivity contribution in [2.45, 2.75) is 24.5 Å². The molecular weight excluding hydrogens is 326 g/mol. The smallest absolute Gasteiger partial charge is 0.119 e. The summed E-state index contributed by atoms with van der Waals surface area (Å²) in [6, 6.07) is 27.3. The molecule has 0 amide bonds. The molecule has 128 valence electrons. The SMILES string of the molecule is CSc1ccc(NC(C)c2ccc(OCc3ccccc3)cc2)cc1. The molecule has 1 atom stereocenters. The minimum Gasteiger partial charge on any atom is -0.489 e. The fourth-order valence-electron chi connectivity index (χ4n) is 2.61. The fraction of sp³-hybridized carbons (Fsp3) is 0.182. The molecule has 1 N–H and O–H groups in total. The molecule has 0 heterocycles. The van der Waals surface area contributed by atoms with E-state index in [-0.39, 0.29) is 6.04 Å². The normalized spacial score (nSPS) is 11.8. The molecule has 3 rings (SSSR count). The minimum absolute atomic E-state index is 0.239. The van der Waals surface area contributed by atoms with Gasteiger partial charge < -0.3 is 10.1 Å². The summed E-state index contributed by atoms with van der Waals surface area (Å²) in [6.07, 6.45) is 2.09. The largest absolute Gasteiger partial charge is 0.489 e. The third-order valence-electron chi connectivity index (χ3n) is 4.10. The highest BCUT2D eigenvalue weighted by atomic mass is 32.2. The van der Waals surface area contributed by atoms with Gasteiger partial charge in [0.05, 0.1) is 0 Å². The van der Waals surface area contributed by atoms with Gasteiger partial charge in [-0.25, -0.2) is 0 Å². The Balaban J connectivity index is 1.57. The van der Waals surface area contributed by atoms with Crippen molar-refractivity contribution >= 4 is 17.4 Å². The Hall–Kier alpha value is -2.39. The second-order valence-electron chi connectivity index (χ2n) is 5.94. The van der Waals surface area contributed by atoms with Crippen molar-refractivity contribution in [3.8, 4) is 5.75 Å². The molecule has 0 fully saturated rings. The lowest BCUT2D eigenvalue weighted by atomic mass is 10.1. The quantitative estimate of drug-likeness (QED) is 0.516. The van der Waals surface area contributed by atoms with Crippen LogP contribution in [0, 0.1) is 0 Å². The summed E-state index contributed by atoms with van der Waals surface area (Å²) in [5.41, 5.74) is 3.55. The maximum atomic E-state index is 5.85. The van der Waals surface area contributed by atoms with Crippen LogP contribution in [0.3, 0.4) is 0 Å². The van der Waals surface area contributed by atoms with E-state index in [4.69, 9.17) is 4.74 Å². The summed E-state index contributed by atoms with van der Waals surface area (Å²) in [4.78, 5) is 1.28. The molecule has 0 aliphatic rings. The highest BCUT2D eigenvalue weighted by molar-refractivity contribution is 7.98. The van der Waals surface area contributed by atoms with E-state index in [0.717, 1.165) is 11.4 Å². The van der Waals surface area contributed by atoms with Gasteiger partial charge in [0.25, 0.3) is 0 Å². The molecule has 0 saturated heterocycles. The van der Waals surface area contributed by atoms with Gasteiger partial charge in [-0.1, -0.05) is 42.5 Å². The summed E-state index contributed by atoms with van der Waals surface area (Å²) in [7, 11) is 0. The van der Waals surface area contributed by atoms with Crippen molar-refractivity contribution in [3.63, 3.8) is 0 Å². The number of rotatable bonds is 7. The summed E-state index contributed by atoms with van der Waals surface area (Å²) < 4.78 is 5.85. The van der Waals surface area contributed by atoms with Crippen molar-refractivity contribution in [3.05, 3.63) is 90.0 Å². The van der Waals surface area contributed by atoms with Gasteiger partial charge in [0, 0.05) is 16.6 Å². The Morgan fingerprint density at radius 3 is 2.20 bits per heavy atom. The lowest BCUT2D eigenvalue weighted by molar-refractivity contribution is 0.306. The Morgan fingerprint density at radius 2 is 1.56 bits per heavy atom. The van der Waals surface area contributed by atoms with Gasteiger partial charge in [-0.3, -0.25) is 0 Å². The molecule has 3 aromatic rings. The number of anilines is 1. The lowest BCUT2D eigenvalue weighted by Crippen LogP contribution is -2.06. The number of hydrogen-bond acceptors (Lipinski definition) is 3. The molecular formula is C22H23NOS. The monoisotopic (exact) mass is 349 g/mol. The Kier molecular flexibility index (Phi) is 6.02. The van der Waals surface area contributed by atoms with Gasteiger partial charge in [0.1, 0.15) is 12.4 Å². The van der Waals surface area contributed by atoms with E-state index < -0.39 is 0 Å². The molecule has 2 nitrogen and oxygen atoms in total. The third-order valence-corrected chi connectivity index (χ3v) is 4.85. The van der Waals surface area contributed by atoms with Crippen LogP contribution in [-0.2, 0) is 6.61 Å². The van der Waals surface area contributed by atoms with Gasteiger partial charge in [-0.2, -0.15) is 0 Å². The predicted octanol–water partition coefficient (Wildman–Crippen LogP) is 6.16. The third kappa shape index (κ3) is 5.04. The molecule has 0 bridgehead atoms. The number of ether oxygens (including phenoxy) is 1. The number of nitrogens with one attached hydrogen (secondary N) is 1. The number of thioether (sulfide) groups is 1. The minimum atomic E-state index is 0.239. The van der Waals surface area contributed by atoms with Crippen LogP contribution in [0.1, 0.15) is 24.1 Å². The van der Waals surface area contributed by atoms with Crippen molar-refractivity contribution in [1.29, 1.82) is 0 Å².